The van der Waals surface area contributed by atoms with Crippen LogP contribution in [0.3, 0.4) is 0 Å². The van der Waals surface area contributed by atoms with Gasteiger partial charge in [-0.1, -0.05) is 45.4 Å². The second-order valence-corrected chi connectivity index (χ2v) is 5.47. The number of ketones is 1. The Morgan fingerprint density at radius 1 is 1.14 bits per heavy atom. The maximum Gasteiger partial charge on any atom is 0.311 e. The van der Waals surface area contributed by atoms with Crippen LogP contribution in [0.2, 0.25) is 0 Å². The van der Waals surface area contributed by atoms with Crippen molar-refractivity contribution in [3.05, 3.63) is 33.9 Å². The molecule has 0 bridgehead atoms. The average Bonchev–Trinajstić information content (AvgIpc) is 2.49. The number of ether oxygens (including phenoxy) is 1. The average molecular weight is 307 g/mol. The van der Waals surface area contributed by atoms with Crippen LogP contribution in [0.15, 0.2) is 18.2 Å². The Hall–Kier alpha value is -1.91. The summed E-state index contributed by atoms with van der Waals surface area (Å²) in [5.41, 5.74) is 0.186. The molecule has 122 valence electrons. The number of carbonyl (C=O) groups is 1. The Balaban J connectivity index is 2.42. The van der Waals surface area contributed by atoms with E-state index in [-0.39, 0.29) is 17.2 Å². The van der Waals surface area contributed by atoms with Gasteiger partial charge in [0.1, 0.15) is 0 Å². The summed E-state index contributed by atoms with van der Waals surface area (Å²) in [6.07, 6.45) is 8.17. The third-order valence-corrected chi connectivity index (χ3v) is 3.57. The summed E-state index contributed by atoms with van der Waals surface area (Å²) in [4.78, 5) is 21.8. The Kier molecular flexibility index (Phi) is 8.18. The van der Waals surface area contributed by atoms with E-state index in [0.29, 0.717) is 12.2 Å². The Labute approximate surface area is 131 Å². The van der Waals surface area contributed by atoms with Gasteiger partial charge in [0, 0.05) is 11.6 Å². The van der Waals surface area contributed by atoms with Crippen molar-refractivity contribution in [2.45, 2.75) is 58.8 Å². The zero-order chi connectivity index (χ0) is 16.4. The van der Waals surface area contributed by atoms with Crippen LogP contribution in [-0.2, 0) is 0 Å². The molecular weight excluding hydrogens is 282 g/mol. The van der Waals surface area contributed by atoms with Crippen LogP contribution in [0.1, 0.15) is 69.2 Å². The lowest BCUT2D eigenvalue weighted by molar-refractivity contribution is -0.385. The van der Waals surface area contributed by atoms with Crippen LogP contribution in [0.25, 0.3) is 0 Å². The van der Waals surface area contributed by atoms with E-state index in [1.807, 2.05) is 0 Å². The van der Waals surface area contributed by atoms with Crippen molar-refractivity contribution in [3.63, 3.8) is 0 Å². The molecule has 1 aromatic rings. The topological polar surface area (TPSA) is 69.4 Å². The van der Waals surface area contributed by atoms with Gasteiger partial charge in [0.15, 0.2) is 11.5 Å². The van der Waals surface area contributed by atoms with Gasteiger partial charge in [0.25, 0.3) is 0 Å². The number of hydrogen-bond acceptors (Lipinski definition) is 4. The van der Waals surface area contributed by atoms with Gasteiger partial charge in [-0.05, 0) is 25.5 Å². The molecule has 0 spiro atoms. The second-order valence-electron chi connectivity index (χ2n) is 5.47. The number of nitro groups is 1. The molecule has 0 radical (unpaired) electrons. The van der Waals surface area contributed by atoms with Crippen LogP contribution < -0.4 is 4.74 Å². The predicted octanol–water partition coefficient (Wildman–Crippen LogP) is 4.93. The monoisotopic (exact) mass is 307 g/mol. The third kappa shape index (κ3) is 6.24. The molecule has 0 N–H and O–H groups in total. The molecule has 0 aliphatic heterocycles. The third-order valence-electron chi connectivity index (χ3n) is 3.57. The van der Waals surface area contributed by atoms with Crippen molar-refractivity contribution < 1.29 is 14.5 Å². The highest BCUT2D eigenvalue weighted by Gasteiger charge is 2.17. The normalized spacial score (nSPS) is 10.5. The first-order valence-corrected chi connectivity index (χ1v) is 7.98. The molecule has 0 atom stereocenters. The van der Waals surface area contributed by atoms with E-state index in [0.717, 1.165) is 12.8 Å². The van der Waals surface area contributed by atoms with Gasteiger partial charge in [-0.15, -0.1) is 0 Å². The summed E-state index contributed by atoms with van der Waals surface area (Å²) in [6, 6.07) is 4.36. The highest BCUT2D eigenvalue weighted by atomic mass is 16.6. The summed E-state index contributed by atoms with van der Waals surface area (Å²) in [6.45, 7) is 4.05. The lowest BCUT2D eigenvalue weighted by Crippen LogP contribution is -2.02. The molecular formula is C17H25NO4. The van der Waals surface area contributed by atoms with E-state index >= 15 is 0 Å². The predicted molar refractivity (Wildman–Crippen MR) is 86.6 cm³/mol. The first-order chi connectivity index (χ1) is 10.6. The van der Waals surface area contributed by atoms with E-state index in [2.05, 4.69) is 6.92 Å². The standard InChI is InChI=1S/C17H25NO4/c1-3-4-5-6-7-8-9-12-22-17-11-10-15(14(2)19)13-16(17)18(20)21/h10-11,13H,3-9,12H2,1-2H3. The van der Waals surface area contributed by atoms with Gasteiger partial charge in [-0.2, -0.15) is 0 Å². The minimum atomic E-state index is -0.507. The van der Waals surface area contributed by atoms with E-state index in [1.54, 1.807) is 6.07 Å². The van der Waals surface area contributed by atoms with Crippen molar-refractivity contribution in [3.8, 4) is 5.75 Å². The van der Waals surface area contributed by atoms with Crippen LogP contribution in [-0.4, -0.2) is 17.3 Å². The molecule has 0 unspecified atom stereocenters. The first-order valence-electron chi connectivity index (χ1n) is 7.98. The summed E-state index contributed by atoms with van der Waals surface area (Å²) in [7, 11) is 0. The molecule has 22 heavy (non-hydrogen) atoms. The maximum atomic E-state index is 11.3. The SMILES string of the molecule is CCCCCCCCCOc1ccc(C(C)=O)cc1[N+](=O)[O-]. The van der Waals surface area contributed by atoms with Crippen molar-refractivity contribution in [1.82, 2.24) is 0 Å². The molecule has 0 saturated carbocycles. The van der Waals surface area contributed by atoms with Crippen LogP contribution in [0.5, 0.6) is 5.75 Å². The second kappa shape index (κ2) is 9.92. The number of nitrogens with zero attached hydrogens (tertiary/aromatic N) is 1. The molecule has 1 aromatic carbocycles. The Bertz CT molecular complexity index is 499. The molecule has 5 heteroatoms. The summed E-state index contributed by atoms with van der Waals surface area (Å²) < 4.78 is 5.51. The number of benzene rings is 1. The van der Waals surface area contributed by atoms with Gasteiger partial charge < -0.3 is 4.74 Å². The van der Waals surface area contributed by atoms with Gasteiger partial charge in [0.2, 0.25) is 0 Å². The fourth-order valence-corrected chi connectivity index (χ4v) is 2.24. The number of Topliss-reactive ketones (excluding diaryl/α,β-unsaturated/α-hetero) is 1. The number of rotatable bonds is 11. The number of hydrogen-bond donors (Lipinski definition) is 0. The van der Waals surface area contributed by atoms with E-state index in [4.69, 9.17) is 4.74 Å². The molecule has 0 saturated heterocycles. The molecule has 0 heterocycles. The molecule has 0 aromatic heterocycles. The quantitative estimate of drug-likeness (QED) is 0.251. The minimum absolute atomic E-state index is 0.143. The van der Waals surface area contributed by atoms with Crippen LogP contribution >= 0.6 is 0 Å². The van der Waals surface area contributed by atoms with E-state index < -0.39 is 4.92 Å². The summed E-state index contributed by atoms with van der Waals surface area (Å²) in [5.74, 6) is 0.0442. The van der Waals surface area contributed by atoms with Crippen molar-refractivity contribution in [1.29, 1.82) is 0 Å². The van der Waals surface area contributed by atoms with Crippen molar-refractivity contribution in [2.24, 2.45) is 0 Å². The van der Waals surface area contributed by atoms with E-state index in [9.17, 15) is 14.9 Å². The molecule has 1 rings (SSSR count). The maximum absolute atomic E-state index is 11.3. The summed E-state index contributed by atoms with van der Waals surface area (Å²) in [5, 5.41) is 11.0. The molecule has 0 amide bonds. The molecule has 5 nitrogen and oxygen atoms in total. The van der Waals surface area contributed by atoms with Crippen molar-refractivity contribution >= 4 is 11.5 Å². The fourth-order valence-electron chi connectivity index (χ4n) is 2.24. The van der Waals surface area contributed by atoms with Crippen molar-refractivity contribution in [2.75, 3.05) is 6.61 Å². The van der Waals surface area contributed by atoms with E-state index in [1.165, 1.54) is 51.2 Å². The zero-order valence-electron chi connectivity index (χ0n) is 13.5. The number of nitro benzene ring substituents is 1. The fraction of sp³-hybridized carbons (Fsp3) is 0.588. The summed E-state index contributed by atoms with van der Waals surface area (Å²) >= 11 is 0. The molecule has 0 aliphatic carbocycles. The zero-order valence-corrected chi connectivity index (χ0v) is 13.5. The smallest absolute Gasteiger partial charge is 0.311 e. The lowest BCUT2D eigenvalue weighted by Gasteiger charge is -2.07. The van der Waals surface area contributed by atoms with Crippen LogP contribution in [0.4, 0.5) is 5.69 Å². The van der Waals surface area contributed by atoms with Gasteiger partial charge in [0.05, 0.1) is 11.5 Å². The Morgan fingerprint density at radius 2 is 1.77 bits per heavy atom. The molecule has 0 fully saturated rings. The van der Waals surface area contributed by atoms with Crippen LogP contribution in [0, 0.1) is 10.1 Å². The number of unbranched alkanes of at least 4 members (excludes halogenated alkanes) is 6. The van der Waals surface area contributed by atoms with Gasteiger partial charge in [-0.25, -0.2) is 0 Å². The lowest BCUT2D eigenvalue weighted by atomic mass is 10.1. The number of carbonyl (C=O) groups excluding carboxylic acids is 1. The minimum Gasteiger partial charge on any atom is -0.487 e. The highest BCUT2D eigenvalue weighted by Crippen LogP contribution is 2.28. The van der Waals surface area contributed by atoms with Gasteiger partial charge in [-0.3, -0.25) is 14.9 Å². The largest absolute Gasteiger partial charge is 0.487 e. The highest BCUT2D eigenvalue weighted by molar-refractivity contribution is 5.95. The first kappa shape index (κ1) is 18.1. The Morgan fingerprint density at radius 3 is 2.36 bits per heavy atom. The molecule has 0 aliphatic rings. The van der Waals surface area contributed by atoms with Gasteiger partial charge >= 0.3 is 5.69 Å².